The largest absolute Gasteiger partial charge is 0.416 e. The third kappa shape index (κ3) is 3.47. The number of piperidine rings is 1. The molecule has 2 saturated heterocycles. The fourth-order valence-corrected chi connectivity index (χ4v) is 5.84. The van der Waals surface area contributed by atoms with E-state index in [1.807, 2.05) is 11.8 Å². The second-order valence-corrected chi connectivity index (χ2v) is 10.2. The van der Waals surface area contributed by atoms with Crippen molar-refractivity contribution in [2.45, 2.75) is 56.3 Å². The first kappa shape index (κ1) is 22.5. The smallest absolute Gasteiger partial charge is 0.376 e. The summed E-state index contributed by atoms with van der Waals surface area (Å²) in [5, 5.41) is 7.65. The van der Waals surface area contributed by atoms with Crippen molar-refractivity contribution < 1.29 is 17.9 Å². The predicted molar refractivity (Wildman–Crippen MR) is 123 cm³/mol. The van der Waals surface area contributed by atoms with E-state index in [0.29, 0.717) is 55.2 Å². The first-order valence-corrected chi connectivity index (χ1v) is 11.9. The van der Waals surface area contributed by atoms with Gasteiger partial charge in [0.1, 0.15) is 5.39 Å². The van der Waals surface area contributed by atoms with Gasteiger partial charge in [-0.05, 0) is 50.3 Å². The molecule has 3 fully saturated rings. The number of nitrogens with two attached hydrogens (primary N) is 1. The number of H-pyrrole nitrogens is 2. The topological polar surface area (TPSA) is 113 Å². The Balaban J connectivity index is 1.28. The first-order valence-electron chi connectivity index (χ1n) is 11.9. The molecule has 1 spiro atoms. The van der Waals surface area contributed by atoms with Crippen molar-refractivity contribution in [2.75, 3.05) is 24.6 Å². The van der Waals surface area contributed by atoms with Crippen molar-refractivity contribution in [3.05, 3.63) is 51.4 Å². The third-order valence-corrected chi connectivity index (χ3v) is 8.31. The van der Waals surface area contributed by atoms with Crippen molar-refractivity contribution in [3.63, 3.8) is 0 Å². The molecule has 2 atom stereocenters. The monoisotopic (exact) mass is 488 g/mol. The molecular formula is C24H27F3N6O2. The number of halogens is 3. The number of anilines is 1. The summed E-state index contributed by atoms with van der Waals surface area (Å²) in [5.41, 5.74) is 6.46. The Morgan fingerprint density at radius 1 is 1.14 bits per heavy atom. The average Bonchev–Trinajstić information content (AvgIpc) is 3.46. The number of nitrogens with zero attached hydrogens (tertiary/aromatic N) is 3. The molecule has 0 bridgehead atoms. The molecule has 3 aliphatic rings. The van der Waals surface area contributed by atoms with Crippen LogP contribution in [0.5, 0.6) is 0 Å². The van der Waals surface area contributed by atoms with Gasteiger partial charge in [-0.2, -0.15) is 23.3 Å². The van der Waals surface area contributed by atoms with Crippen LogP contribution in [-0.2, 0) is 16.3 Å². The SMILES string of the molecule is C[C@@H]1OCC2(CCN(c3nc4n[nH]c(C5(c6ccc(C(F)(F)F)cc6)CC5)c4c(=O)[nH]3)CC2)[C@@H]1N. The predicted octanol–water partition coefficient (Wildman–Crippen LogP) is 3.08. The molecule has 0 unspecified atom stereocenters. The summed E-state index contributed by atoms with van der Waals surface area (Å²) in [6.07, 6.45) is -1.22. The standard InChI is InChI=1S/C24H27F3N6O2/c1-13-17(28)22(12-35-13)8-10-33(11-9-22)21-29-19-16(20(34)30-21)18(31-32-19)23(6-7-23)14-2-4-15(5-3-14)24(25,26)27/h2-5,13,17H,6-12,28H2,1H3,(H2,29,30,31,32,34)/t13-,17+/m0/s1. The first-order chi connectivity index (χ1) is 16.6. The highest BCUT2D eigenvalue weighted by Gasteiger charge is 2.50. The highest BCUT2D eigenvalue weighted by molar-refractivity contribution is 5.80. The minimum atomic E-state index is -4.39. The van der Waals surface area contributed by atoms with Gasteiger partial charge >= 0.3 is 6.18 Å². The number of aromatic amines is 2. The van der Waals surface area contributed by atoms with E-state index in [0.717, 1.165) is 30.5 Å². The number of ether oxygens (including phenoxy) is 1. The van der Waals surface area contributed by atoms with Crippen LogP contribution in [0, 0.1) is 5.41 Å². The van der Waals surface area contributed by atoms with Gasteiger partial charge in [-0.25, -0.2) is 0 Å². The summed E-state index contributed by atoms with van der Waals surface area (Å²) in [5.74, 6) is 0.468. The lowest BCUT2D eigenvalue weighted by molar-refractivity contribution is -0.137. The van der Waals surface area contributed by atoms with E-state index in [4.69, 9.17) is 10.5 Å². The second kappa shape index (κ2) is 7.54. The van der Waals surface area contributed by atoms with Gasteiger partial charge in [0, 0.05) is 30.0 Å². The Bertz CT molecular complexity index is 1320. The molecule has 2 aliphatic heterocycles. The van der Waals surface area contributed by atoms with Crippen LogP contribution < -0.4 is 16.2 Å². The van der Waals surface area contributed by atoms with Gasteiger partial charge in [-0.3, -0.25) is 14.9 Å². The molecule has 1 saturated carbocycles. The fourth-order valence-electron chi connectivity index (χ4n) is 5.84. The van der Waals surface area contributed by atoms with Crippen LogP contribution in [0.1, 0.15) is 49.4 Å². The van der Waals surface area contributed by atoms with E-state index in [1.54, 1.807) is 0 Å². The zero-order valence-electron chi connectivity index (χ0n) is 19.3. The highest BCUT2D eigenvalue weighted by atomic mass is 19.4. The van der Waals surface area contributed by atoms with Crippen LogP contribution >= 0.6 is 0 Å². The molecule has 1 aromatic carbocycles. The van der Waals surface area contributed by atoms with Crippen molar-refractivity contribution >= 4 is 17.0 Å². The van der Waals surface area contributed by atoms with Crippen LogP contribution in [0.25, 0.3) is 11.0 Å². The maximum Gasteiger partial charge on any atom is 0.416 e. The number of rotatable bonds is 3. The number of hydrogen-bond acceptors (Lipinski definition) is 6. The molecule has 0 amide bonds. The lowest BCUT2D eigenvalue weighted by Gasteiger charge is -2.41. The summed E-state index contributed by atoms with van der Waals surface area (Å²) in [4.78, 5) is 22.8. The normalized spacial score (nSPS) is 25.5. The molecule has 3 aromatic rings. The van der Waals surface area contributed by atoms with Gasteiger partial charge in [-0.1, -0.05) is 12.1 Å². The van der Waals surface area contributed by atoms with E-state index >= 15 is 0 Å². The van der Waals surface area contributed by atoms with Crippen molar-refractivity contribution in [1.82, 2.24) is 20.2 Å². The lowest BCUT2D eigenvalue weighted by atomic mass is 9.73. The summed E-state index contributed by atoms with van der Waals surface area (Å²) >= 11 is 0. The summed E-state index contributed by atoms with van der Waals surface area (Å²) in [6, 6.07) is 5.13. The van der Waals surface area contributed by atoms with Crippen LogP contribution in [0.15, 0.2) is 29.1 Å². The molecule has 35 heavy (non-hydrogen) atoms. The van der Waals surface area contributed by atoms with Gasteiger partial charge in [0.2, 0.25) is 5.95 Å². The summed E-state index contributed by atoms with van der Waals surface area (Å²) in [7, 11) is 0. The van der Waals surface area contributed by atoms with Crippen LogP contribution in [0.3, 0.4) is 0 Å². The minimum Gasteiger partial charge on any atom is -0.376 e. The number of benzene rings is 1. The van der Waals surface area contributed by atoms with E-state index in [-0.39, 0.29) is 23.1 Å². The van der Waals surface area contributed by atoms with Crippen LogP contribution in [-0.4, -0.2) is 52.0 Å². The number of alkyl halides is 3. The summed E-state index contributed by atoms with van der Waals surface area (Å²) in [6.45, 7) is 4.06. The highest BCUT2D eigenvalue weighted by Crippen LogP contribution is 2.54. The van der Waals surface area contributed by atoms with E-state index in [9.17, 15) is 18.0 Å². The molecule has 8 nitrogen and oxygen atoms in total. The molecule has 4 N–H and O–H groups in total. The molecule has 6 rings (SSSR count). The molecule has 4 heterocycles. The van der Waals surface area contributed by atoms with Gasteiger partial charge in [0.25, 0.3) is 5.56 Å². The van der Waals surface area contributed by atoms with Gasteiger partial charge in [0.05, 0.1) is 24.0 Å². The van der Waals surface area contributed by atoms with E-state index < -0.39 is 17.2 Å². The number of nitrogens with one attached hydrogen (secondary N) is 2. The number of fused-ring (bicyclic) bond motifs is 1. The molecule has 186 valence electrons. The Labute approximate surface area is 199 Å². The quantitative estimate of drug-likeness (QED) is 0.522. The van der Waals surface area contributed by atoms with Crippen molar-refractivity contribution in [1.29, 1.82) is 0 Å². The summed E-state index contributed by atoms with van der Waals surface area (Å²) < 4.78 is 44.8. The zero-order valence-corrected chi connectivity index (χ0v) is 19.3. The minimum absolute atomic E-state index is 0.00651. The Morgan fingerprint density at radius 2 is 1.83 bits per heavy atom. The average molecular weight is 489 g/mol. The molecule has 2 aromatic heterocycles. The van der Waals surface area contributed by atoms with Gasteiger partial charge in [0.15, 0.2) is 5.65 Å². The van der Waals surface area contributed by atoms with Crippen molar-refractivity contribution in [3.8, 4) is 0 Å². The van der Waals surface area contributed by atoms with Crippen molar-refractivity contribution in [2.24, 2.45) is 11.1 Å². The maximum absolute atomic E-state index is 13.2. The maximum atomic E-state index is 13.2. The van der Waals surface area contributed by atoms with E-state index in [1.165, 1.54) is 12.1 Å². The van der Waals surface area contributed by atoms with Gasteiger partial charge in [-0.15, -0.1) is 0 Å². The second-order valence-electron chi connectivity index (χ2n) is 10.2. The fraction of sp³-hybridized carbons (Fsp3) is 0.542. The van der Waals surface area contributed by atoms with Crippen LogP contribution in [0.2, 0.25) is 0 Å². The number of hydrogen-bond donors (Lipinski definition) is 3. The lowest BCUT2D eigenvalue weighted by Crippen LogP contribution is -2.51. The Morgan fingerprint density at radius 3 is 2.40 bits per heavy atom. The van der Waals surface area contributed by atoms with E-state index in [2.05, 4.69) is 20.2 Å². The molecule has 0 radical (unpaired) electrons. The zero-order chi connectivity index (χ0) is 24.6. The third-order valence-electron chi connectivity index (χ3n) is 8.31. The Kier molecular flexibility index (Phi) is 4.85. The van der Waals surface area contributed by atoms with Gasteiger partial charge < -0.3 is 15.4 Å². The molecule has 11 heteroatoms. The Hall–Kier alpha value is -2.92. The molecule has 1 aliphatic carbocycles. The molecular weight excluding hydrogens is 461 g/mol. The number of aromatic nitrogens is 4. The van der Waals surface area contributed by atoms with Crippen LogP contribution in [0.4, 0.5) is 19.1 Å².